The van der Waals surface area contributed by atoms with Crippen molar-refractivity contribution in [1.29, 1.82) is 0 Å². The van der Waals surface area contributed by atoms with Gasteiger partial charge in [0.25, 0.3) is 5.91 Å². The van der Waals surface area contributed by atoms with E-state index in [1.54, 1.807) is 0 Å². The van der Waals surface area contributed by atoms with Crippen LogP contribution in [0.2, 0.25) is 0 Å². The number of hydrogen-bond acceptors (Lipinski definition) is 4. The van der Waals surface area contributed by atoms with Gasteiger partial charge in [-0.1, -0.05) is 13.0 Å². The topological polar surface area (TPSA) is 66.6 Å². The molecular weight excluding hydrogens is 366 g/mol. The van der Waals surface area contributed by atoms with Gasteiger partial charge < -0.3 is 24.7 Å². The number of likely N-dealkylation sites (N-methyl/N-ethyl adjacent to an activating group) is 1. The molecule has 1 aromatic heterocycles. The first-order valence-electron chi connectivity index (χ1n) is 9.93. The fourth-order valence-electron chi connectivity index (χ4n) is 3.89. The zero-order valence-corrected chi connectivity index (χ0v) is 17.3. The van der Waals surface area contributed by atoms with Crippen molar-refractivity contribution < 1.29 is 14.3 Å². The molecule has 1 amide bonds. The summed E-state index contributed by atoms with van der Waals surface area (Å²) in [5.41, 5.74) is 5.24. The second-order valence-corrected chi connectivity index (χ2v) is 7.64. The van der Waals surface area contributed by atoms with Gasteiger partial charge in [0.1, 0.15) is 0 Å². The first-order valence-corrected chi connectivity index (χ1v) is 9.93. The lowest BCUT2D eigenvalue weighted by molar-refractivity contribution is 0.0942. The van der Waals surface area contributed by atoms with Crippen LogP contribution in [0.25, 0.3) is 10.9 Å². The Hall–Kier alpha value is -2.99. The lowest BCUT2D eigenvalue weighted by Gasteiger charge is -2.25. The summed E-state index contributed by atoms with van der Waals surface area (Å²) in [4.78, 5) is 18.4. The van der Waals surface area contributed by atoms with Crippen molar-refractivity contribution in [2.75, 3.05) is 27.4 Å². The molecule has 0 fully saturated rings. The van der Waals surface area contributed by atoms with E-state index < -0.39 is 0 Å². The summed E-state index contributed by atoms with van der Waals surface area (Å²) in [6.07, 6.45) is 0.947. The maximum atomic E-state index is 12.8. The highest BCUT2D eigenvalue weighted by Crippen LogP contribution is 2.35. The van der Waals surface area contributed by atoms with Crippen LogP contribution < -0.4 is 14.8 Å². The zero-order valence-electron chi connectivity index (χ0n) is 17.3. The molecule has 4 rings (SSSR count). The first-order chi connectivity index (χ1) is 14.0. The number of fused-ring (bicyclic) bond motifs is 2. The van der Waals surface area contributed by atoms with E-state index in [1.807, 2.05) is 50.5 Å². The SMILES string of the molecule is CCc1[nH]c2ccc(C(=O)NCC(c3ccc4c(c3)OCO4)N(C)C)cc2c1C. The quantitative estimate of drug-likeness (QED) is 0.669. The van der Waals surface area contributed by atoms with Gasteiger partial charge in [-0.25, -0.2) is 0 Å². The average molecular weight is 393 g/mol. The molecule has 1 aliphatic rings. The molecule has 0 saturated carbocycles. The Kier molecular flexibility index (Phi) is 5.20. The number of ether oxygens (including phenoxy) is 2. The third-order valence-corrected chi connectivity index (χ3v) is 5.64. The molecule has 0 spiro atoms. The van der Waals surface area contributed by atoms with Gasteiger partial charge in [-0.05, 0) is 68.9 Å². The van der Waals surface area contributed by atoms with Crippen molar-refractivity contribution in [2.45, 2.75) is 26.3 Å². The van der Waals surface area contributed by atoms with E-state index in [-0.39, 0.29) is 18.7 Å². The summed E-state index contributed by atoms with van der Waals surface area (Å²) in [7, 11) is 4.01. The predicted molar refractivity (Wildman–Crippen MR) is 114 cm³/mol. The fourth-order valence-corrected chi connectivity index (χ4v) is 3.89. The largest absolute Gasteiger partial charge is 0.454 e. The maximum Gasteiger partial charge on any atom is 0.251 e. The molecule has 29 heavy (non-hydrogen) atoms. The van der Waals surface area contributed by atoms with Crippen molar-refractivity contribution >= 4 is 16.8 Å². The number of aromatic amines is 1. The molecule has 0 radical (unpaired) electrons. The highest BCUT2D eigenvalue weighted by Gasteiger charge is 2.20. The second kappa shape index (κ2) is 7.79. The highest BCUT2D eigenvalue weighted by molar-refractivity contribution is 5.99. The molecular formula is C23H27N3O3. The minimum Gasteiger partial charge on any atom is -0.454 e. The van der Waals surface area contributed by atoms with E-state index in [0.717, 1.165) is 34.4 Å². The summed E-state index contributed by atoms with van der Waals surface area (Å²) in [6, 6.07) is 11.8. The summed E-state index contributed by atoms with van der Waals surface area (Å²) in [5.74, 6) is 1.44. The van der Waals surface area contributed by atoms with Gasteiger partial charge in [-0.2, -0.15) is 0 Å². The third-order valence-electron chi connectivity index (χ3n) is 5.64. The van der Waals surface area contributed by atoms with Gasteiger partial charge in [0, 0.05) is 28.7 Å². The molecule has 2 heterocycles. The van der Waals surface area contributed by atoms with Crippen LogP contribution in [0.5, 0.6) is 11.5 Å². The number of rotatable bonds is 6. The maximum absolute atomic E-state index is 12.8. The summed E-state index contributed by atoms with van der Waals surface area (Å²) in [6.45, 7) is 4.97. The molecule has 2 N–H and O–H groups in total. The average Bonchev–Trinajstić information content (AvgIpc) is 3.31. The number of carbonyl (C=O) groups is 1. The minimum atomic E-state index is -0.0712. The van der Waals surface area contributed by atoms with Crippen LogP contribution in [0.4, 0.5) is 0 Å². The number of carbonyl (C=O) groups excluding carboxylic acids is 1. The van der Waals surface area contributed by atoms with Gasteiger partial charge in [0.05, 0.1) is 6.04 Å². The summed E-state index contributed by atoms with van der Waals surface area (Å²) < 4.78 is 10.9. The molecule has 0 saturated heterocycles. The number of nitrogens with one attached hydrogen (secondary N) is 2. The van der Waals surface area contributed by atoms with Crippen LogP contribution in [0, 0.1) is 6.92 Å². The number of benzene rings is 2. The Morgan fingerprint density at radius 1 is 1.17 bits per heavy atom. The standard InChI is InChI=1S/C23H27N3O3/c1-5-18-14(2)17-10-16(6-8-19(17)25-18)23(27)24-12-20(26(3)4)15-7-9-21-22(11-15)29-13-28-21/h6-11,20,25H,5,12-13H2,1-4H3,(H,24,27). The zero-order chi connectivity index (χ0) is 20.5. The normalized spacial score (nSPS) is 13.8. The Bertz CT molecular complexity index is 1050. The van der Waals surface area contributed by atoms with Crippen LogP contribution in [0.3, 0.4) is 0 Å². The fraction of sp³-hybridized carbons (Fsp3) is 0.348. The molecule has 3 aromatic rings. The molecule has 1 atom stereocenters. The van der Waals surface area contributed by atoms with E-state index in [1.165, 1.54) is 11.3 Å². The van der Waals surface area contributed by atoms with Crippen molar-refractivity contribution in [2.24, 2.45) is 0 Å². The van der Waals surface area contributed by atoms with Crippen molar-refractivity contribution in [3.05, 3.63) is 58.8 Å². The number of aryl methyl sites for hydroxylation is 2. The smallest absolute Gasteiger partial charge is 0.251 e. The Morgan fingerprint density at radius 3 is 2.72 bits per heavy atom. The second-order valence-electron chi connectivity index (χ2n) is 7.64. The third kappa shape index (κ3) is 3.68. The molecule has 1 unspecified atom stereocenters. The van der Waals surface area contributed by atoms with Gasteiger partial charge in [0.2, 0.25) is 6.79 Å². The lowest BCUT2D eigenvalue weighted by Crippen LogP contribution is -2.34. The van der Waals surface area contributed by atoms with Crippen molar-refractivity contribution in [3.8, 4) is 11.5 Å². The Labute approximate surface area is 170 Å². The highest BCUT2D eigenvalue weighted by atomic mass is 16.7. The van der Waals surface area contributed by atoms with E-state index in [0.29, 0.717) is 12.1 Å². The number of H-pyrrole nitrogens is 1. The van der Waals surface area contributed by atoms with Crippen molar-refractivity contribution in [1.82, 2.24) is 15.2 Å². The molecule has 0 aliphatic carbocycles. The Morgan fingerprint density at radius 2 is 1.97 bits per heavy atom. The Balaban J connectivity index is 1.51. The predicted octanol–water partition coefficient (Wildman–Crippen LogP) is 3.80. The van der Waals surface area contributed by atoms with Gasteiger partial charge >= 0.3 is 0 Å². The number of amides is 1. The van der Waals surface area contributed by atoms with Crippen LogP contribution in [-0.4, -0.2) is 43.2 Å². The summed E-state index contributed by atoms with van der Waals surface area (Å²) >= 11 is 0. The van der Waals surface area contributed by atoms with Crippen molar-refractivity contribution in [3.63, 3.8) is 0 Å². The monoisotopic (exact) mass is 393 g/mol. The van der Waals surface area contributed by atoms with E-state index >= 15 is 0 Å². The van der Waals surface area contributed by atoms with Crippen LogP contribution >= 0.6 is 0 Å². The van der Waals surface area contributed by atoms with Crippen LogP contribution in [0.15, 0.2) is 36.4 Å². The molecule has 1 aliphatic heterocycles. The molecule has 0 bridgehead atoms. The van der Waals surface area contributed by atoms with E-state index in [9.17, 15) is 4.79 Å². The molecule has 2 aromatic carbocycles. The number of aromatic nitrogens is 1. The lowest BCUT2D eigenvalue weighted by atomic mass is 10.0. The van der Waals surface area contributed by atoms with Crippen LogP contribution in [-0.2, 0) is 6.42 Å². The van der Waals surface area contributed by atoms with E-state index in [2.05, 4.69) is 29.0 Å². The minimum absolute atomic E-state index is 0.0258. The van der Waals surface area contributed by atoms with Gasteiger partial charge in [0.15, 0.2) is 11.5 Å². The molecule has 152 valence electrons. The van der Waals surface area contributed by atoms with Crippen LogP contribution in [0.1, 0.15) is 40.1 Å². The summed E-state index contributed by atoms with van der Waals surface area (Å²) in [5, 5.41) is 4.19. The van der Waals surface area contributed by atoms with Gasteiger partial charge in [-0.3, -0.25) is 4.79 Å². The van der Waals surface area contributed by atoms with E-state index in [4.69, 9.17) is 9.47 Å². The number of hydrogen-bond donors (Lipinski definition) is 2. The number of nitrogens with zero attached hydrogens (tertiary/aromatic N) is 1. The first kappa shape index (κ1) is 19.3. The molecule has 6 nitrogen and oxygen atoms in total. The van der Waals surface area contributed by atoms with Gasteiger partial charge in [-0.15, -0.1) is 0 Å². The molecule has 6 heteroatoms.